The van der Waals surface area contributed by atoms with Gasteiger partial charge in [-0.2, -0.15) is 0 Å². The van der Waals surface area contributed by atoms with Gasteiger partial charge in [0.25, 0.3) is 0 Å². The lowest BCUT2D eigenvalue weighted by Gasteiger charge is -2.12. The fraction of sp³-hybridized carbons (Fsp3) is 0.632. The highest BCUT2D eigenvalue weighted by Crippen LogP contribution is 1.99. The van der Waals surface area contributed by atoms with Crippen LogP contribution in [0.3, 0.4) is 0 Å². The number of guanidine groups is 1. The van der Waals surface area contributed by atoms with Crippen LogP contribution in [-0.4, -0.2) is 45.4 Å². The van der Waals surface area contributed by atoms with E-state index in [0.717, 1.165) is 45.2 Å². The van der Waals surface area contributed by atoms with Crippen molar-refractivity contribution in [2.24, 2.45) is 10.9 Å². The van der Waals surface area contributed by atoms with Gasteiger partial charge in [-0.15, -0.1) is 0 Å². The van der Waals surface area contributed by atoms with E-state index in [0.29, 0.717) is 19.1 Å². The molecule has 5 heteroatoms. The van der Waals surface area contributed by atoms with E-state index in [2.05, 4.69) is 48.5 Å². The number of rotatable bonds is 12. The van der Waals surface area contributed by atoms with Crippen molar-refractivity contribution in [1.82, 2.24) is 10.6 Å². The highest BCUT2D eigenvalue weighted by molar-refractivity contribution is 5.79. The normalized spacial score (nSPS) is 11.8. The molecule has 1 aromatic carbocycles. The zero-order valence-electron chi connectivity index (χ0n) is 15.4. The molecule has 0 amide bonds. The number of hydrogen-bond donors (Lipinski definition) is 2. The molecular formula is C19H33N3O2. The largest absolute Gasteiger partial charge is 0.381 e. The molecule has 0 bridgehead atoms. The summed E-state index contributed by atoms with van der Waals surface area (Å²) in [5.41, 5.74) is 1.19. The zero-order chi connectivity index (χ0) is 17.5. The number of ether oxygens (including phenoxy) is 2. The summed E-state index contributed by atoms with van der Waals surface area (Å²) >= 11 is 0. The van der Waals surface area contributed by atoms with Crippen molar-refractivity contribution in [1.29, 1.82) is 0 Å². The van der Waals surface area contributed by atoms with E-state index < -0.39 is 0 Å². The van der Waals surface area contributed by atoms with Crippen LogP contribution in [0, 0.1) is 5.92 Å². The topological polar surface area (TPSA) is 54.9 Å². The van der Waals surface area contributed by atoms with Gasteiger partial charge in [-0.25, -0.2) is 0 Å². The minimum absolute atomic E-state index is 0.586. The summed E-state index contributed by atoms with van der Waals surface area (Å²) in [6, 6.07) is 10.2. The van der Waals surface area contributed by atoms with Gasteiger partial charge >= 0.3 is 0 Å². The Morgan fingerprint density at radius 3 is 2.58 bits per heavy atom. The van der Waals surface area contributed by atoms with Crippen LogP contribution in [0.5, 0.6) is 0 Å². The van der Waals surface area contributed by atoms with Crippen molar-refractivity contribution in [3.63, 3.8) is 0 Å². The summed E-state index contributed by atoms with van der Waals surface area (Å²) in [6.07, 6.45) is 0.938. The van der Waals surface area contributed by atoms with Crippen molar-refractivity contribution in [2.45, 2.75) is 33.8 Å². The molecule has 0 aliphatic rings. The van der Waals surface area contributed by atoms with Crippen LogP contribution >= 0.6 is 0 Å². The Bertz CT molecular complexity index is 435. The smallest absolute Gasteiger partial charge is 0.191 e. The standard InChI is InChI=1S/C19H33N3O2/c1-4-20-19(21-11-8-13-23-15-17(2)3)22-12-14-24-16-18-9-6-5-7-10-18/h5-7,9-10,17H,4,8,11-16H2,1-3H3,(H2,20,21,22). The first-order chi connectivity index (χ1) is 11.7. The highest BCUT2D eigenvalue weighted by atomic mass is 16.5. The predicted molar refractivity (Wildman–Crippen MR) is 100 cm³/mol. The molecule has 0 heterocycles. The molecule has 0 radical (unpaired) electrons. The average molecular weight is 335 g/mol. The molecule has 2 N–H and O–H groups in total. The Kier molecular flexibility index (Phi) is 11.8. The SMILES string of the molecule is CCNC(=NCCCOCC(C)C)NCCOCc1ccccc1. The monoisotopic (exact) mass is 335 g/mol. The molecule has 0 aliphatic carbocycles. The fourth-order valence-electron chi connectivity index (χ4n) is 2.02. The number of nitrogens with zero attached hydrogens (tertiary/aromatic N) is 1. The molecule has 0 saturated heterocycles. The number of nitrogens with one attached hydrogen (secondary N) is 2. The predicted octanol–water partition coefficient (Wildman–Crippen LogP) is 2.82. The lowest BCUT2D eigenvalue weighted by Crippen LogP contribution is -2.39. The van der Waals surface area contributed by atoms with Crippen LogP contribution in [-0.2, 0) is 16.1 Å². The minimum atomic E-state index is 0.586. The van der Waals surface area contributed by atoms with Gasteiger partial charge < -0.3 is 20.1 Å². The second-order valence-corrected chi connectivity index (χ2v) is 6.05. The fourth-order valence-corrected chi connectivity index (χ4v) is 2.02. The Balaban J connectivity index is 2.12. The summed E-state index contributed by atoms with van der Waals surface area (Å²) < 4.78 is 11.2. The highest BCUT2D eigenvalue weighted by Gasteiger charge is 1.98. The third-order valence-electron chi connectivity index (χ3n) is 3.16. The molecule has 0 spiro atoms. The van der Waals surface area contributed by atoms with Crippen molar-refractivity contribution in [3.05, 3.63) is 35.9 Å². The van der Waals surface area contributed by atoms with E-state index in [4.69, 9.17) is 9.47 Å². The first-order valence-electron chi connectivity index (χ1n) is 8.94. The Hall–Kier alpha value is -1.59. The lowest BCUT2D eigenvalue weighted by atomic mass is 10.2. The van der Waals surface area contributed by atoms with Gasteiger partial charge in [0.15, 0.2) is 5.96 Å². The van der Waals surface area contributed by atoms with Gasteiger partial charge in [0.05, 0.1) is 13.2 Å². The summed E-state index contributed by atoms with van der Waals surface area (Å²) in [7, 11) is 0. The number of hydrogen-bond acceptors (Lipinski definition) is 3. The first-order valence-corrected chi connectivity index (χ1v) is 8.94. The molecule has 24 heavy (non-hydrogen) atoms. The van der Waals surface area contributed by atoms with Crippen LogP contribution in [0.25, 0.3) is 0 Å². The van der Waals surface area contributed by atoms with Crippen molar-refractivity contribution < 1.29 is 9.47 Å². The van der Waals surface area contributed by atoms with Crippen molar-refractivity contribution in [3.8, 4) is 0 Å². The molecule has 0 unspecified atom stereocenters. The van der Waals surface area contributed by atoms with E-state index in [1.54, 1.807) is 0 Å². The van der Waals surface area contributed by atoms with Gasteiger partial charge in [0.2, 0.25) is 0 Å². The zero-order valence-corrected chi connectivity index (χ0v) is 15.4. The molecule has 0 atom stereocenters. The van der Waals surface area contributed by atoms with Crippen LogP contribution in [0.1, 0.15) is 32.8 Å². The van der Waals surface area contributed by atoms with Gasteiger partial charge in [-0.3, -0.25) is 4.99 Å². The van der Waals surface area contributed by atoms with Gasteiger partial charge in [-0.1, -0.05) is 44.2 Å². The maximum atomic E-state index is 5.66. The Labute approximate surface area is 146 Å². The van der Waals surface area contributed by atoms with Crippen LogP contribution in [0.2, 0.25) is 0 Å². The van der Waals surface area contributed by atoms with Crippen LogP contribution in [0.4, 0.5) is 0 Å². The van der Waals surface area contributed by atoms with E-state index in [-0.39, 0.29) is 0 Å². The average Bonchev–Trinajstić information content (AvgIpc) is 2.58. The number of benzene rings is 1. The molecule has 0 aliphatic heterocycles. The first kappa shape index (κ1) is 20.5. The maximum Gasteiger partial charge on any atom is 0.191 e. The van der Waals surface area contributed by atoms with Crippen LogP contribution < -0.4 is 10.6 Å². The summed E-state index contributed by atoms with van der Waals surface area (Å²) in [4.78, 5) is 4.54. The van der Waals surface area contributed by atoms with Gasteiger partial charge in [0.1, 0.15) is 0 Å². The summed E-state index contributed by atoms with van der Waals surface area (Å²) in [6.45, 7) is 11.6. The second kappa shape index (κ2) is 13.8. The van der Waals surface area contributed by atoms with E-state index in [9.17, 15) is 0 Å². The lowest BCUT2D eigenvalue weighted by molar-refractivity contribution is 0.109. The maximum absolute atomic E-state index is 5.66. The Morgan fingerprint density at radius 1 is 1.08 bits per heavy atom. The van der Waals surface area contributed by atoms with Crippen LogP contribution in [0.15, 0.2) is 35.3 Å². The Morgan fingerprint density at radius 2 is 1.88 bits per heavy atom. The molecular weight excluding hydrogens is 302 g/mol. The van der Waals surface area contributed by atoms with Gasteiger partial charge in [0, 0.05) is 32.8 Å². The third kappa shape index (κ3) is 11.0. The molecule has 1 rings (SSSR count). The quantitative estimate of drug-likeness (QED) is 0.350. The summed E-state index contributed by atoms with van der Waals surface area (Å²) in [5, 5.41) is 6.53. The second-order valence-electron chi connectivity index (χ2n) is 6.05. The van der Waals surface area contributed by atoms with Crippen molar-refractivity contribution >= 4 is 5.96 Å². The molecule has 0 aromatic heterocycles. The molecule has 0 saturated carbocycles. The van der Waals surface area contributed by atoms with Gasteiger partial charge in [-0.05, 0) is 24.8 Å². The molecule has 5 nitrogen and oxygen atoms in total. The van der Waals surface area contributed by atoms with Crippen molar-refractivity contribution in [2.75, 3.05) is 39.5 Å². The summed E-state index contributed by atoms with van der Waals surface area (Å²) in [5.74, 6) is 1.42. The minimum Gasteiger partial charge on any atom is -0.381 e. The third-order valence-corrected chi connectivity index (χ3v) is 3.16. The molecule has 0 fully saturated rings. The number of aliphatic imine (C=N–C) groups is 1. The molecule has 1 aromatic rings. The molecule has 136 valence electrons. The van der Waals surface area contributed by atoms with E-state index >= 15 is 0 Å². The van der Waals surface area contributed by atoms with E-state index in [1.165, 1.54) is 5.56 Å². The van der Waals surface area contributed by atoms with E-state index in [1.807, 2.05) is 18.2 Å².